The van der Waals surface area contributed by atoms with Gasteiger partial charge in [0, 0.05) is 17.7 Å². The van der Waals surface area contributed by atoms with Crippen molar-refractivity contribution < 1.29 is 9.59 Å². The fourth-order valence-electron chi connectivity index (χ4n) is 3.79. The standard InChI is InChI=1S/C23H27N5O2S/c1-12-18-16(11-17(13-5-6-13)25-19(18)28(27-12)23(2,3)4)21(30)26-22-15(9-10-31-22)20(29)24-14-7-8-14/h9-11,13-14H,5-8H2,1-4H3,(H,24,29)(H,26,30). The van der Waals surface area contributed by atoms with Crippen LogP contribution in [0.1, 0.15) is 84.5 Å². The Balaban J connectivity index is 1.54. The fourth-order valence-corrected chi connectivity index (χ4v) is 4.57. The molecule has 2 aliphatic carbocycles. The van der Waals surface area contributed by atoms with E-state index in [2.05, 4.69) is 31.4 Å². The number of hydrogen-bond acceptors (Lipinski definition) is 5. The summed E-state index contributed by atoms with van der Waals surface area (Å²) in [4.78, 5) is 30.9. The number of fused-ring (bicyclic) bond motifs is 1. The molecule has 2 amide bonds. The number of aromatic nitrogens is 3. The maximum absolute atomic E-state index is 13.4. The quantitative estimate of drug-likeness (QED) is 0.612. The first-order valence-corrected chi connectivity index (χ1v) is 11.7. The summed E-state index contributed by atoms with van der Waals surface area (Å²) in [6.45, 7) is 8.17. The number of rotatable bonds is 5. The van der Waals surface area contributed by atoms with Gasteiger partial charge in [0.25, 0.3) is 11.8 Å². The molecular formula is C23H27N5O2S. The van der Waals surface area contributed by atoms with Crippen LogP contribution in [0, 0.1) is 6.92 Å². The Morgan fingerprint density at radius 3 is 2.52 bits per heavy atom. The van der Waals surface area contributed by atoms with Gasteiger partial charge in [0.1, 0.15) is 5.00 Å². The number of aryl methyl sites for hydroxylation is 1. The zero-order valence-corrected chi connectivity index (χ0v) is 19.1. The Morgan fingerprint density at radius 2 is 1.87 bits per heavy atom. The molecule has 3 aromatic heterocycles. The average molecular weight is 438 g/mol. The van der Waals surface area contributed by atoms with Crippen LogP contribution in [-0.2, 0) is 5.54 Å². The Morgan fingerprint density at radius 1 is 1.13 bits per heavy atom. The van der Waals surface area contributed by atoms with Crippen molar-refractivity contribution in [3.05, 3.63) is 40.0 Å². The number of nitrogens with zero attached hydrogens (tertiary/aromatic N) is 3. The number of amides is 2. The average Bonchev–Trinajstić information content (AvgIpc) is 3.63. The van der Waals surface area contributed by atoms with Crippen LogP contribution in [0.2, 0.25) is 0 Å². The number of hydrogen-bond donors (Lipinski definition) is 2. The molecule has 8 heteroatoms. The third-order valence-corrected chi connectivity index (χ3v) is 6.59. The van der Waals surface area contributed by atoms with Gasteiger partial charge in [0.2, 0.25) is 0 Å². The molecule has 0 bridgehead atoms. The molecule has 2 fully saturated rings. The maximum Gasteiger partial charge on any atom is 0.257 e. The number of nitrogens with one attached hydrogen (secondary N) is 2. The molecular weight excluding hydrogens is 410 g/mol. The first-order valence-electron chi connectivity index (χ1n) is 10.8. The van der Waals surface area contributed by atoms with E-state index < -0.39 is 0 Å². The van der Waals surface area contributed by atoms with Gasteiger partial charge in [0.05, 0.1) is 27.7 Å². The molecule has 0 radical (unpaired) electrons. The molecule has 0 aromatic carbocycles. The van der Waals surface area contributed by atoms with E-state index in [-0.39, 0.29) is 23.4 Å². The topological polar surface area (TPSA) is 88.9 Å². The molecule has 2 saturated carbocycles. The molecule has 7 nitrogen and oxygen atoms in total. The van der Waals surface area contributed by atoms with Gasteiger partial charge < -0.3 is 10.6 Å². The maximum atomic E-state index is 13.4. The molecule has 0 spiro atoms. The lowest BCUT2D eigenvalue weighted by Crippen LogP contribution is -2.26. The van der Waals surface area contributed by atoms with E-state index in [1.165, 1.54) is 11.3 Å². The van der Waals surface area contributed by atoms with Crippen LogP contribution in [0.15, 0.2) is 17.5 Å². The van der Waals surface area contributed by atoms with E-state index in [4.69, 9.17) is 10.1 Å². The summed E-state index contributed by atoms with van der Waals surface area (Å²) in [5.41, 5.74) is 3.31. The highest BCUT2D eigenvalue weighted by atomic mass is 32.1. The summed E-state index contributed by atoms with van der Waals surface area (Å²) in [7, 11) is 0. The summed E-state index contributed by atoms with van der Waals surface area (Å²) < 4.78 is 1.92. The summed E-state index contributed by atoms with van der Waals surface area (Å²) >= 11 is 1.36. The van der Waals surface area contributed by atoms with Crippen LogP contribution in [0.4, 0.5) is 5.00 Å². The minimum Gasteiger partial charge on any atom is -0.349 e. The highest BCUT2D eigenvalue weighted by Crippen LogP contribution is 2.41. The number of carbonyl (C=O) groups excluding carboxylic acids is 2. The Labute approximate surface area is 185 Å². The normalized spacial score (nSPS) is 16.5. The summed E-state index contributed by atoms with van der Waals surface area (Å²) in [6.07, 6.45) is 4.23. The smallest absolute Gasteiger partial charge is 0.257 e. The SMILES string of the molecule is Cc1nn(C(C)(C)C)c2nc(C3CC3)cc(C(=O)Nc3sccc3C(=O)NC3CC3)c12. The van der Waals surface area contributed by atoms with Gasteiger partial charge in [-0.15, -0.1) is 11.3 Å². The van der Waals surface area contributed by atoms with E-state index in [0.717, 1.165) is 48.1 Å². The molecule has 0 saturated heterocycles. The van der Waals surface area contributed by atoms with Crippen molar-refractivity contribution in [1.29, 1.82) is 0 Å². The summed E-state index contributed by atoms with van der Waals surface area (Å²) in [5.74, 6) is 0.0456. The lowest BCUT2D eigenvalue weighted by molar-refractivity contribution is 0.0952. The molecule has 0 atom stereocenters. The van der Waals surface area contributed by atoms with Gasteiger partial charge in [-0.1, -0.05) is 0 Å². The third kappa shape index (κ3) is 3.84. The molecule has 3 heterocycles. The van der Waals surface area contributed by atoms with Gasteiger partial charge in [-0.05, 0) is 70.9 Å². The fraction of sp³-hybridized carbons (Fsp3) is 0.478. The Bertz CT molecular complexity index is 1190. The molecule has 2 aliphatic rings. The van der Waals surface area contributed by atoms with Crippen molar-refractivity contribution in [1.82, 2.24) is 20.1 Å². The summed E-state index contributed by atoms with van der Waals surface area (Å²) in [6, 6.07) is 3.94. The van der Waals surface area contributed by atoms with Crippen LogP contribution < -0.4 is 10.6 Å². The third-order valence-electron chi connectivity index (χ3n) is 5.76. The molecule has 2 N–H and O–H groups in total. The van der Waals surface area contributed by atoms with Gasteiger partial charge >= 0.3 is 0 Å². The second kappa shape index (κ2) is 7.15. The van der Waals surface area contributed by atoms with Crippen LogP contribution in [0.3, 0.4) is 0 Å². The van der Waals surface area contributed by atoms with Crippen LogP contribution in [-0.4, -0.2) is 32.6 Å². The van der Waals surface area contributed by atoms with Crippen LogP contribution in [0.25, 0.3) is 11.0 Å². The summed E-state index contributed by atoms with van der Waals surface area (Å²) in [5, 5.41) is 13.9. The highest BCUT2D eigenvalue weighted by Gasteiger charge is 2.31. The van der Waals surface area contributed by atoms with Gasteiger partial charge in [-0.25, -0.2) is 9.67 Å². The number of pyridine rings is 1. The van der Waals surface area contributed by atoms with E-state index in [1.807, 2.05) is 23.1 Å². The predicted octanol–water partition coefficient (Wildman–Crippen LogP) is 4.58. The van der Waals surface area contributed by atoms with E-state index in [9.17, 15) is 9.59 Å². The molecule has 0 unspecified atom stereocenters. The zero-order valence-electron chi connectivity index (χ0n) is 18.3. The first-order chi connectivity index (χ1) is 14.7. The van der Waals surface area contributed by atoms with Gasteiger partial charge in [0.15, 0.2) is 5.65 Å². The second-order valence-corrected chi connectivity index (χ2v) is 10.5. The van der Waals surface area contributed by atoms with Gasteiger partial charge in [-0.2, -0.15) is 5.10 Å². The number of carbonyl (C=O) groups is 2. The molecule has 5 rings (SSSR count). The van der Waals surface area contributed by atoms with Crippen molar-refractivity contribution in [2.24, 2.45) is 0 Å². The predicted molar refractivity (Wildman–Crippen MR) is 122 cm³/mol. The number of thiophene rings is 1. The van der Waals surface area contributed by atoms with Crippen molar-refractivity contribution in [3.8, 4) is 0 Å². The monoisotopic (exact) mass is 437 g/mol. The molecule has 3 aromatic rings. The number of anilines is 1. The first kappa shape index (κ1) is 20.2. The molecule has 162 valence electrons. The molecule has 0 aliphatic heterocycles. The minimum atomic E-state index is -0.253. The van der Waals surface area contributed by atoms with E-state index in [1.54, 1.807) is 6.07 Å². The van der Waals surface area contributed by atoms with Crippen molar-refractivity contribution in [2.75, 3.05) is 5.32 Å². The van der Waals surface area contributed by atoms with Gasteiger partial charge in [-0.3, -0.25) is 9.59 Å². The van der Waals surface area contributed by atoms with Crippen LogP contribution in [0.5, 0.6) is 0 Å². The largest absolute Gasteiger partial charge is 0.349 e. The van der Waals surface area contributed by atoms with Crippen LogP contribution >= 0.6 is 11.3 Å². The Kier molecular flexibility index (Phi) is 4.66. The molecule has 31 heavy (non-hydrogen) atoms. The highest BCUT2D eigenvalue weighted by molar-refractivity contribution is 7.14. The van der Waals surface area contributed by atoms with Crippen molar-refractivity contribution in [2.45, 2.75) is 70.9 Å². The van der Waals surface area contributed by atoms with E-state index in [0.29, 0.717) is 22.0 Å². The lowest BCUT2D eigenvalue weighted by Gasteiger charge is -2.20. The van der Waals surface area contributed by atoms with Crippen molar-refractivity contribution >= 4 is 39.2 Å². The lowest BCUT2D eigenvalue weighted by atomic mass is 10.1. The Hall–Kier alpha value is -2.74. The van der Waals surface area contributed by atoms with E-state index >= 15 is 0 Å². The minimum absolute atomic E-state index is 0.130. The second-order valence-electron chi connectivity index (χ2n) is 9.60. The zero-order chi connectivity index (χ0) is 21.9. The van der Waals surface area contributed by atoms with Crippen molar-refractivity contribution in [3.63, 3.8) is 0 Å².